The van der Waals surface area contributed by atoms with Crippen molar-refractivity contribution in [2.75, 3.05) is 6.61 Å². The average Bonchev–Trinajstić information content (AvgIpc) is 1.88. The molecule has 0 aromatic heterocycles. The minimum Gasteiger partial charge on any atom is -0.391 e. The summed E-state index contributed by atoms with van der Waals surface area (Å²) in [5.41, 5.74) is 0.0969. The number of carbonyl (C=O) groups is 2. The van der Waals surface area contributed by atoms with Gasteiger partial charge in [-0.2, -0.15) is 0 Å². The van der Waals surface area contributed by atoms with Gasteiger partial charge in [0, 0.05) is 6.20 Å². The maximum absolute atomic E-state index is 10.6. The zero-order chi connectivity index (χ0) is 7.56. The van der Waals surface area contributed by atoms with Crippen molar-refractivity contribution < 1.29 is 14.7 Å². The van der Waals surface area contributed by atoms with Gasteiger partial charge in [0.15, 0.2) is 0 Å². The Morgan fingerprint density at radius 1 is 1.60 bits per heavy atom. The Labute approximate surface area is 56.7 Å². The number of carbonyl (C=O) groups excluding carboxylic acids is 2. The number of rotatable bonds is 1. The molecule has 0 bridgehead atoms. The monoisotopic (exact) mass is 141 g/mol. The second-order valence-corrected chi connectivity index (χ2v) is 1.70. The highest BCUT2D eigenvalue weighted by atomic mass is 16.3. The second-order valence-electron chi connectivity index (χ2n) is 1.70. The molecule has 0 saturated carbocycles. The fraction of sp³-hybridized carbons (Fsp3) is 0.200. The summed E-state index contributed by atoms with van der Waals surface area (Å²) in [5, 5.41) is 13.6. The van der Waals surface area contributed by atoms with Gasteiger partial charge in [0.05, 0.1) is 12.2 Å². The first-order valence-corrected chi connectivity index (χ1v) is 2.60. The van der Waals surface area contributed by atoms with E-state index in [1.54, 1.807) is 0 Å². The van der Waals surface area contributed by atoms with Gasteiger partial charge in [0.2, 0.25) is 0 Å². The zero-order valence-electron chi connectivity index (χ0n) is 5.00. The van der Waals surface area contributed by atoms with Crippen LogP contribution in [0.15, 0.2) is 11.8 Å². The van der Waals surface area contributed by atoms with Crippen LogP contribution in [-0.2, 0) is 4.79 Å². The van der Waals surface area contributed by atoms with E-state index in [2.05, 4.69) is 5.32 Å². The first-order chi connectivity index (χ1) is 4.74. The van der Waals surface area contributed by atoms with Crippen LogP contribution in [0.1, 0.15) is 0 Å². The number of amides is 3. The van der Waals surface area contributed by atoms with E-state index in [0.717, 1.165) is 6.20 Å². The van der Waals surface area contributed by atoms with Crippen LogP contribution in [0.4, 0.5) is 4.79 Å². The molecule has 10 heavy (non-hydrogen) atoms. The van der Waals surface area contributed by atoms with Gasteiger partial charge in [-0.15, -0.1) is 0 Å². The molecule has 1 rings (SSSR count). The Hall–Kier alpha value is -1.36. The van der Waals surface area contributed by atoms with Gasteiger partial charge in [0.25, 0.3) is 5.91 Å². The molecule has 53 valence electrons. The molecule has 0 atom stereocenters. The molecule has 0 aromatic rings. The van der Waals surface area contributed by atoms with Crippen LogP contribution in [0.25, 0.3) is 0 Å². The topological polar surface area (TPSA) is 80.5 Å². The fourth-order valence-electron chi connectivity index (χ4n) is 0.517. The number of nitrogens with one attached hydrogen (secondary N) is 1. The average molecular weight is 141 g/mol. The maximum atomic E-state index is 10.6. The highest BCUT2D eigenvalue weighted by Crippen LogP contribution is 1.95. The van der Waals surface area contributed by atoms with Crippen LogP contribution in [-0.4, -0.2) is 23.7 Å². The van der Waals surface area contributed by atoms with Crippen LogP contribution >= 0.6 is 0 Å². The van der Waals surface area contributed by atoms with Gasteiger partial charge in [0.1, 0.15) is 0 Å². The lowest BCUT2D eigenvalue weighted by atomic mass is 10.2. The quantitative estimate of drug-likeness (QED) is 0.477. The van der Waals surface area contributed by atoms with E-state index >= 15 is 0 Å². The smallest absolute Gasteiger partial charge is 0.347 e. The number of urea groups is 1. The minimum atomic E-state index is -0.692. The molecule has 1 heterocycles. The Kier molecular flexibility index (Phi) is 1.68. The molecule has 5 heteroatoms. The number of nitrogens with zero attached hydrogens (tertiary/aromatic N) is 1. The lowest BCUT2D eigenvalue weighted by Crippen LogP contribution is -2.40. The molecule has 0 aliphatic carbocycles. The third-order valence-electron chi connectivity index (χ3n) is 1.02. The third kappa shape index (κ3) is 1.14. The molecule has 0 saturated heterocycles. The first kappa shape index (κ1) is 6.76. The van der Waals surface area contributed by atoms with Crippen molar-refractivity contribution in [2.24, 2.45) is 0 Å². The lowest BCUT2D eigenvalue weighted by molar-refractivity contribution is -0.117. The van der Waals surface area contributed by atoms with Crippen LogP contribution < -0.4 is 10.6 Å². The van der Waals surface area contributed by atoms with E-state index in [4.69, 9.17) is 5.11 Å². The summed E-state index contributed by atoms with van der Waals surface area (Å²) in [5.74, 6) is -0.581. The summed E-state index contributed by atoms with van der Waals surface area (Å²) in [7, 11) is 0. The van der Waals surface area contributed by atoms with E-state index < -0.39 is 18.5 Å². The minimum absolute atomic E-state index is 0.0969. The summed E-state index contributed by atoms with van der Waals surface area (Å²) >= 11 is 0. The van der Waals surface area contributed by atoms with Gasteiger partial charge in [-0.25, -0.2) is 10.1 Å². The molecule has 0 spiro atoms. The van der Waals surface area contributed by atoms with Crippen molar-refractivity contribution in [3.05, 3.63) is 11.8 Å². The number of imide groups is 1. The van der Waals surface area contributed by atoms with E-state index in [0.29, 0.717) is 0 Å². The van der Waals surface area contributed by atoms with Crippen LogP contribution in [0.3, 0.4) is 0 Å². The largest absolute Gasteiger partial charge is 0.391 e. The summed E-state index contributed by atoms with van der Waals surface area (Å²) < 4.78 is 0. The highest BCUT2D eigenvalue weighted by molar-refractivity contribution is 6.06. The number of aliphatic hydroxyl groups is 1. The highest BCUT2D eigenvalue weighted by Gasteiger charge is 2.17. The van der Waals surface area contributed by atoms with Gasteiger partial charge < -0.3 is 5.11 Å². The SMILES string of the molecule is O=C1[N]C=C(CO)C(=O)N1. The van der Waals surface area contributed by atoms with E-state index in [9.17, 15) is 9.59 Å². The predicted molar refractivity (Wildman–Crippen MR) is 30.8 cm³/mol. The molecule has 0 fully saturated rings. The molecular formula is C5H5N2O3. The van der Waals surface area contributed by atoms with Gasteiger partial charge >= 0.3 is 6.03 Å². The predicted octanol–water partition coefficient (Wildman–Crippen LogP) is -1.28. The van der Waals surface area contributed by atoms with E-state index in [1.807, 2.05) is 5.32 Å². The van der Waals surface area contributed by atoms with Crippen LogP contribution in [0.2, 0.25) is 0 Å². The molecule has 2 N–H and O–H groups in total. The van der Waals surface area contributed by atoms with Gasteiger partial charge in [-0.05, 0) is 0 Å². The number of hydrogen-bond acceptors (Lipinski definition) is 3. The Morgan fingerprint density at radius 2 is 2.30 bits per heavy atom. The summed E-state index contributed by atoms with van der Waals surface area (Å²) in [4.78, 5) is 20.9. The third-order valence-corrected chi connectivity index (χ3v) is 1.02. The summed E-state index contributed by atoms with van der Waals surface area (Å²) in [6.07, 6.45) is 1.06. The molecule has 1 radical (unpaired) electrons. The van der Waals surface area contributed by atoms with Crippen molar-refractivity contribution in [2.45, 2.75) is 0 Å². The normalized spacial score (nSPS) is 17.5. The fourth-order valence-corrected chi connectivity index (χ4v) is 0.517. The van der Waals surface area contributed by atoms with Gasteiger partial charge in [-0.3, -0.25) is 10.1 Å². The molecule has 5 nitrogen and oxygen atoms in total. The van der Waals surface area contributed by atoms with Crippen molar-refractivity contribution >= 4 is 11.9 Å². The molecule has 0 aromatic carbocycles. The van der Waals surface area contributed by atoms with Crippen molar-refractivity contribution in [3.63, 3.8) is 0 Å². The zero-order valence-corrected chi connectivity index (χ0v) is 5.00. The second kappa shape index (κ2) is 2.49. The first-order valence-electron chi connectivity index (χ1n) is 2.60. The molecule has 0 unspecified atom stereocenters. The Balaban J connectivity index is 2.75. The lowest BCUT2D eigenvalue weighted by Gasteiger charge is -2.08. The van der Waals surface area contributed by atoms with Gasteiger partial charge in [-0.1, -0.05) is 0 Å². The van der Waals surface area contributed by atoms with Crippen molar-refractivity contribution in [1.29, 1.82) is 0 Å². The molecule has 1 aliphatic rings. The number of hydrogen-bond donors (Lipinski definition) is 2. The molecule has 1 aliphatic heterocycles. The summed E-state index contributed by atoms with van der Waals surface area (Å²) in [6.45, 7) is -0.400. The van der Waals surface area contributed by atoms with Crippen LogP contribution in [0.5, 0.6) is 0 Å². The molecular weight excluding hydrogens is 136 g/mol. The van der Waals surface area contributed by atoms with Crippen molar-refractivity contribution in [1.82, 2.24) is 10.6 Å². The Bertz CT molecular complexity index is 209. The van der Waals surface area contributed by atoms with E-state index in [1.165, 1.54) is 0 Å². The maximum Gasteiger partial charge on any atom is 0.347 e. The van der Waals surface area contributed by atoms with E-state index in [-0.39, 0.29) is 5.57 Å². The molecule has 3 amide bonds. The van der Waals surface area contributed by atoms with Crippen molar-refractivity contribution in [3.8, 4) is 0 Å². The summed E-state index contributed by atoms with van der Waals surface area (Å²) in [6, 6.07) is -0.692. The Morgan fingerprint density at radius 3 is 2.80 bits per heavy atom. The number of aliphatic hydroxyl groups excluding tert-OH is 1. The van der Waals surface area contributed by atoms with Crippen LogP contribution in [0, 0.1) is 0 Å². The standard InChI is InChI=1S/C5H5N2O3/c8-2-3-1-6-5(10)7-4(3)9/h1,8H,2H2,(H,7,9,10).